The van der Waals surface area contributed by atoms with Crippen molar-refractivity contribution in [3.63, 3.8) is 0 Å². The van der Waals surface area contributed by atoms with Crippen molar-refractivity contribution in [3.05, 3.63) is 29.8 Å². The van der Waals surface area contributed by atoms with E-state index in [2.05, 4.69) is 11.2 Å². The molecule has 0 saturated carbocycles. The monoisotopic (exact) mass is 411 g/mol. The van der Waals surface area contributed by atoms with Crippen LogP contribution in [0.1, 0.15) is 109 Å². The lowest BCUT2D eigenvalue weighted by molar-refractivity contribution is 0.333. The minimum Gasteiger partial charge on any atom is -0.197 e. The Labute approximate surface area is 173 Å². The maximum atomic E-state index is 11.5. The van der Waals surface area contributed by atoms with Crippen molar-refractivity contribution in [1.82, 2.24) is 0 Å². The Balaban J connectivity index is 1.92. The minimum absolute atomic E-state index is 0.107. The Morgan fingerprint density at radius 1 is 0.679 bits per heavy atom. The summed E-state index contributed by atoms with van der Waals surface area (Å²) in [5.41, 5.74) is 1.16. The Bertz CT molecular complexity index is 584. The number of hydrogen-bond donors (Lipinski definition) is 1. The zero-order valence-corrected chi connectivity index (χ0v) is 18.6. The number of rotatable bonds is 18. The molecular formula is C23H41NO3S. The molecule has 0 amide bonds. The second-order valence-electron chi connectivity index (χ2n) is 7.89. The Kier molecular flexibility index (Phi) is 14.3. The van der Waals surface area contributed by atoms with Crippen LogP contribution in [0.2, 0.25) is 0 Å². The minimum atomic E-state index is -3.79. The molecule has 4 nitrogen and oxygen atoms in total. The van der Waals surface area contributed by atoms with Crippen LogP contribution < -0.4 is 5.90 Å². The van der Waals surface area contributed by atoms with Gasteiger partial charge in [-0.3, -0.25) is 0 Å². The average molecular weight is 412 g/mol. The topological polar surface area (TPSA) is 69.4 Å². The highest BCUT2D eigenvalue weighted by Crippen LogP contribution is 2.16. The fourth-order valence-electron chi connectivity index (χ4n) is 3.58. The molecule has 1 rings (SSSR count). The van der Waals surface area contributed by atoms with Gasteiger partial charge < -0.3 is 0 Å². The van der Waals surface area contributed by atoms with E-state index in [0.29, 0.717) is 0 Å². The van der Waals surface area contributed by atoms with E-state index in [-0.39, 0.29) is 4.90 Å². The number of nitrogens with two attached hydrogens (primary N) is 1. The number of unbranched alkanes of at least 4 members (excludes halogenated alkanes) is 14. The van der Waals surface area contributed by atoms with E-state index >= 15 is 0 Å². The summed E-state index contributed by atoms with van der Waals surface area (Å²) < 4.78 is 27.0. The lowest BCUT2D eigenvalue weighted by Gasteiger charge is -2.05. The first-order chi connectivity index (χ1) is 13.6. The second kappa shape index (κ2) is 15.9. The van der Waals surface area contributed by atoms with Crippen LogP contribution >= 0.6 is 0 Å². The van der Waals surface area contributed by atoms with E-state index in [1.54, 1.807) is 12.1 Å². The predicted octanol–water partition coefficient (Wildman–Crippen LogP) is 6.68. The summed E-state index contributed by atoms with van der Waals surface area (Å²) >= 11 is 0. The number of hydrogen-bond acceptors (Lipinski definition) is 4. The van der Waals surface area contributed by atoms with Crippen LogP contribution in [0.5, 0.6) is 0 Å². The predicted molar refractivity (Wildman–Crippen MR) is 118 cm³/mol. The van der Waals surface area contributed by atoms with E-state index in [1.807, 2.05) is 12.1 Å². The van der Waals surface area contributed by atoms with Crippen molar-refractivity contribution in [2.45, 2.75) is 115 Å². The summed E-state index contributed by atoms with van der Waals surface area (Å²) in [6, 6.07) is 6.80. The van der Waals surface area contributed by atoms with Gasteiger partial charge in [0.15, 0.2) is 0 Å². The lowest BCUT2D eigenvalue weighted by Crippen LogP contribution is -2.11. The van der Waals surface area contributed by atoms with Crippen molar-refractivity contribution in [3.8, 4) is 0 Å². The van der Waals surface area contributed by atoms with Crippen LogP contribution in [-0.4, -0.2) is 8.42 Å². The third-order valence-corrected chi connectivity index (χ3v) is 6.51. The van der Waals surface area contributed by atoms with Crippen molar-refractivity contribution in [1.29, 1.82) is 0 Å². The molecule has 162 valence electrons. The van der Waals surface area contributed by atoms with Gasteiger partial charge >= 0.3 is 10.1 Å². The highest BCUT2D eigenvalue weighted by atomic mass is 32.2. The van der Waals surface area contributed by atoms with E-state index in [9.17, 15) is 8.42 Å². The molecule has 1 aromatic rings. The number of benzene rings is 1. The van der Waals surface area contributed by atoms with Gasteiger partial charge in [-0.25, -0.2) is 0 Å². The molecule has 0 aliphatic heterocycles. The van der Waals surface area contributed by atoms with Gasteiger partial charge in [0.25, 0.3) is 0 Å². The first kappa shape index (κ1) is 25.1. The zero-order valence-electron chi connectivity index (χ0n) is 17.8. The number of aryl methyl sites for hydroxylation is 1. The average Bonchev–Trinajstić information content (AvgIpc) is 2.71. The Morgan fingerprint density at radius 2 is 1.07 bits per heavy atom. The van der Waals surface area contributed by atoms with Gasteiger partial charge in [0.1, 0.15) is 0 Å². The molecule has 0 aromatic heterocycles. The summed E-state index contributed by atoms with van der Waals surface area (Å²) in [6.45, 7) is 2.27. The van der Waals surface area contributed by atoms with Crippen molar-refractivity contribution in [2.24, 2.45) is 5.90 Å². The largest absolute Gasteiger partial charge is 0.312 e. The van der Waals surface area contributed by atoms with Gasteiger partial charge in [0.2, 0.25) is 0 Å². The van der Waals surface area contributed by atoms with Crippen molar-refractivity contribution in [2.75, 3.05) is 0 Å². The van der Waals surface area contributed by atoms with Crippen LogP contribution in [0.4, 0.5) is 0 Å². The van der Waals surface area contributed by atoms with Crippen LogP contribution in [-0.2, 0) is 20.8 Å². The molecule has 28 heavy (non-hydrogen) atoms. The molecule has 1 aromatic carbocycles. The van der Waals surface area contributed by atoms with Gasteiger partial charge in [0.05, 0.1) is 4.90 Å². The van der Waals surface area contributed by atoms with Crippen LogP contribution in [0.25, 0.3) is 0 Å². The SMILES string of the molecule is CCCCCCCCCCCCCCCCCc1ccc(S(=O)(=O)ON)cc1. The van der Waals surface area contributed by atoms with E-state index in [0.717, 1.165) is 18.4 Å². The molecule has 0 bridgehead atoms. The fraction of sp³-hybridized carbons (Fsp3) is 0.739. The summed E-state index contributed by atoms with van der Waals surface area (Å²) in [5.74, 6) is 4.79. The molecular weight excluding hydrogens is 370 g/mol. The Hall–Kier alpha value is -0.910. The zero-order chi connectivity index (χ0) is 20.5. The molecule has 2 N–H and O–H groups in total. The van der Waals surface area contributed by atoms with Gasteiger partial charge in [-0.05, 0) is 30.5 Å². The summed E-state index contributed by atoms with van der Waals surface area (Å²) in [4.78, 5) is 0.107. The van der Waals surface area contributed by atoms with Gasteiger partial charge in [-0.15, -0.1) is 0 Å². The van der Waals surface area contributed by atoms with E-state index in [1.165, 1.54) is 89.9 Å². The highest BCUT2D eigenvalue weighted by molar-refractivity contribution is 7.86. The summed E-state index contributed by atoms with van der Waals surface area (Å²) in [6.07, 6.45) is 21.4. The van der Waals surface area contributed by atoms with E-state index in [4.69, 9.17) is 5.90 Å². The highest BCUT2D eigenvalue weighted by Gasteiger charge is 2.12. The normalized spacial score (nSPS) is 11.8. The molecule has 0 fully saturated rings. The molecule has 0 heterocycles. The molecule has 0 saturated heterocycles. The molecule has 0 spiro atoms. The quantitative estimate of drug-likeness (QED) is 0.216. The fourth-order valence-corrected chi connectivity index (χ4v) is 4.16. The molecule has 0 unspecified atom stereocenters. The van der Waals surface area contributed by atoms with Gasteiger partial charge in [0, 0.05) is 0 Å². The second-order valence-corrected chi connectivity index (χ2v) is 9.47. The molecule has 0 aliphatic carbocycles. The van der Waals surface area contributed by atoms with Gasteiger partial charge in [-0.2, -0.15) is 18.6 Å². The lowest BCUT2D eigenvalue weighted by atomic mass is 10.0. The first-order valence-corrected chi connectivity index (χ1v) is 12.7. The molecule has 0 aliphatic rings. The van der Waals surface area contributed by atoms with E-state index < -0.39 is 10.1 Å². The smallest absolute Gasteiger partial charge is 0.197 e. The summed E-state index contributed by atoms with van der Waals surface area (Å²) in [5, 5.41) is 0. The van der Waals surface area contributed by atoms with Crippen molar-refractivity contribution < 1.29 is 12.7 Å². The standard InChI is InChI=1S/C23H41NO3S/c1-2-3-4-5-6-7-8-9-10-11-12-13-14-15-16-17-22-18-20-23(21-19-22)28(25,26)27-24/h18-21H,2-17,24H2,1H3. The Morgan fingerprint density at radius 3 is 1.46 bits per heavy atom. The first-order valence-electron chi connectivity index (χ1n) is 11.3. The van der Waals surface area contributed by atoms with Crippen LogP contribution in [0, 0.1) is 0 Å². The maximum Gasteiger partial charge on any atom is 0.312 e. The third-order valence-electron chi connectivity index (χ3n) is 5.41. The van der Waals surface area contributed by atoms with Crippen molar-refractivity contribution >= 4 is 10.1 Å². The van der Waals surface area contributed by atoms with Gasteiger partial charge in [-0.1, -0.05) is 109 Å². The maximum absolute atomic E-state index is 11.5. The van der Waals surface area contributed by atoms with Crippen LogP contribution in [0.15, 0.2) is 29.2 Å². The molecule has 0 radical (unpaired) electrons. The molecule has 0 atom stereocenters. The van der Waals surface area contributed by atoms with Crippen LogP contribution in [0.3, 0.4) is 0 Å². The third kappa shape index (κ3) is 11.8. The molecule has 5 heteroatoms. The summed E-state index contributed by atoms with van der Waals surface area (Å²) in [7, 11) is -3.79.